The van der Waals surface area contributed by atoms with Gasteiger partial charge in [0.05, 0.1) is 17.1 Å². The van der Waals surface area contributed by atoms with E-state index < -0.39 is 0 Å². The van der Waals surface area contributed by atoms with Gasteiger partial charge in [0.1, 0.15) is 0 Å². The number of nitrogens with two attached hydrogens (primary N) is 1. The average Bonchev–Trinajstić information content (AvgIpc) is 2.83. The fourth-order valence-corrected chi connectivity index (χ4v) is 1.97. The lowest BCUT2D eigenvalue weighted by atomic mass is 10.2. The van der Waals surface area contributed by atoms with E-state index in [0.29, 0.717) is 29.1 Å². The fraction of sp³-hybridized carbons (Fsp3) is 0.154. The smallest absolute Gasteiger partial charge is 0.260 e. The van der Waals surface area contributed by atoms with E-state index in [4.69, 9.17) is 5.73 Å². The quantitative estimate of drug-likeness (QED) is 0.533. The van der Waals surface area contributed by atoms with E-state index in [1.807, 2.05) is 6.92 Å². The third kappa shape index (κ3) is 2.20. The monoisotopic (exact) mass is 270 g/mol. The summed E-state index contributed by atoms with van der Waals surface area (Å²) in [6.07, 6.45) is 1.74. The van der Waals surface area contributed by atoms with Crippen molar-refractivity contribution in [3.05, 3.63) is 46.0 Å². The molecule has 1 aromatic carbocycles. The molecule has 7 heteroatoms. The number of benzene rings is 1. The van der Waals surface area contributed by atoms with Gasteiger partial charge >= 0.3 is 0 Å². The van der Waals surface area contributed by atoms with Crippen LogP contribution in [0.25, 0.3) is 10.9 Å². The molecule has 102 valence electrons. The molecule has 0 unspecified atom stereocenters. The summed E-state index contributed by atoms with van der Waals surface area (Å²) in [6.45, 7) is 2.47. The summed E-state index contributed by atoms with van der Waals surface area (Å²) >= 11 is 0. The van der Waals surface area contributed by atoms with E-state index in [9.17, 15) is 4.79 Å². The zero-order valence-electron chi connectivity index (χ0n) is 10.9. The molecule has 0 aliphatic rings. The maximum atomic E-state index is 12.0. The van der Waals surface area contributed by atoms with Crippen LogP contribution in [0, 0.1) is 6.92 Å². The van der Waals surface area contributed by atoms with Gasteiger partial charge in [-0.2, -0.15) is 5.10 Å². The van der Waals surface area contributed by atoms with E-state index in [1.165, 1.54) is 0 Å². The van der Waals surface area contributed by atoms with Crippen LogP contribution in [-0.2, 0) is 6.54 Å². The number of aryl methyl sites for hydroxylation is 1. The predicted molar refractivity (Wildman–Crippen MR) is 77.4 cm³/mol. The minimum atomic E-state index is -0.214. The van der Waals surface area contributed by atoms with Gasteiger partial charge in [-0.05, 0) is 25.1 Å². The first-order valence-electron chi connectivity index (χ1n) is 6.16. The fourth-order valence-electron chi connectivity index (χ4n) is 1.97. The van der Waals surface area contributed by atoms with Crippen molar-refractivity contribution in [3.63, 3.8) is 0 Å². The first kappa shape index (κ1) is 12.2. The molecule has 0 saturated carbocycles. The Hall–Kier alpha value is -2.83. The molecule has 0 amide bonds. The molecule has 20 heavy (non-hydrogen) atoms. The Bertz CT molecular complexity index is 819. The zero-order valence-corrected chi connectivity index (χ0v) is 10.9. The normalized spacial score (nSPS) is 10.8. The number of hydrogen-bond donors (Lipinski definition) is 4. The summed E-state index contributed by atoms with van der Waals surface area (Å²) in [6, 6.07) is 5.07. The van der Waals surface area contributed by atoms with Crippen molar-refractivity contribution in [2.45, 2.75) is 13.5 Å². The number of rotatable bonds is 3. The third-order valence-electron chi connectivity index (χ3n) is 3.11. The van der Waals surface area contributed by atoms with Gasteiger partial charge in [0.15, 0.2) is 0 Å². The SMILES string of the molecule is Cc1[nH]ncc1CNc1nc2ccc(N)cc2c(=O)[nH]1. The van der Waals surface area contributed by atoms with Crippen molar-refractivity contribution in [1.29, 1.82) is 0 Å². The average molecular weight is 270 g/mol. The Morgan fingerprint density at radius 1 is 1.40 bits per heavy atom. The third-order valence-corrected chi connectivity index (χ3v) is 3.11. The van der Waals surface area contributed by atoms with E-state index in [0.717, 1.165) is 11.3 Å². The number of nitrogens with one attached hydrogen (secondary N) is 3. The molecule has 5 N–H and O–H groups in total. The van der Waals surface area contributed by atoms with E-state index in [1.54, 1.807) is 24.4 Å². The highest BCUT2D eigenvalue weighted by molar-refractivity contribution is 5.81. The molecule has 0 atom stereocenters. The number of anilines is 2. The molecule has 0 fully saturated rings. The first-order chi connectivity index (χ1) is 9.63. The van der Waals surface area contributed by atoms with Crippen molar-refractivity contribution in [3.8, 4) is 0 Å². The second kappa shape index (κ2) is 4.69. The van der Waals surface area contributed by atoms with Crippen LogP contribution in [-0.4, -0.2) is 20.2 Å². The summed E-state index contributed by atoms with van der Waals surface area (Å²) in [5.41, 5.74) is 8.60. The van der Waals surface area contributed by atoms with Crippen molar-refractivity contribution < 1.29 is 0 Å². The molecule has 0 radical (unpaired) electrons. The standard InChI is InChI=1S/C13H14N6O/c1-7-8(6-16-19-7)5-15-13-17-11-3-2-9(14)4-10(11)12(20)18-13/h2-4,6H,5,14H2,1H3,(H,16,19)(H2,15,17,18,20). The van der Waals surface area contributed by atoms with Crippen molar-refractivity contribution in [2.75, 3.05) is 11.1 Å². The van der Waals surface area contributed by atoms with E-state index in [2.05, 4.69) is 25.5 Å². The Morgan fingerprint density at radius 3 is 3.00 bits per heavy atom. The molecular formula is C13H14N6O. The van der Waals surface area contributed by atoms with Gasteiger partial charge in [-0.3, -0.25) is 14.9 Å². The van der Waals surface area contributed by atoms with E-state index >= 15 is 0 Å². The van der Waals surface area contributed by atoms with Crippen LogP contribution in [0.2, 0.25) is 0 Å². The van der Waals surface area contributed by atoms with Crippen LogP contribution in [0.3, 0.4) is 0 Å². The summed E-state index contributed by atoms with van der Waals surface area (Å²) < 4.78 is 0. The maximum Gasteiger partial charge on any atom is 0.260 e. The molecule has 0 spiro atoms. The molecule has 0 aliphatic carbocycles. The Balaban J connectivity index is 1.91. The highest BCUT2D eigenvalue weighted by Crippen LogP contribution is 2.13. The van der Waals surface area contributed by atoms with Gasteiger partial charge in [0.25, 0.3) is 5.56 Å². The van der Waals surface area contributed by atoms with Crippen LogP contribution >= 0.6 is 0 Å². The number of nitrogens with zero attached hydrogens (tertiary/aromatic N) is 2. The van der Waals surface area contributed by atoms with Crippen LogP contribution in [0.1, 0.15) is 11.3 Å². The van der Waals surface area contributed by atoms with Gasteiger partial charge in [0, 0.05) is 23.5 Å². The Kier molecular flexibility index (Phi) is 2.86. The molecule has 2 heterocycles. The summed E-state index contributed by atoms with van der Waals surface area (Å²) in [4.78, 5) is 19.0. The molecule has 0 saturated heterocycles. The first-order valence-corrected chi connectivity index (χ1v) is 6.16. The largest absolute Gasteiger partial charge is 0.399 e. The molecule has 7 nitrogen and oxygen atoms in total. The van der Waals surface area contributed by atoms with Crippen molar-refractivity contribution in [2.24, 2.45) is 0 Å². The molecular weight excluding hydrogens is 256 g/mol. The molecule has 2 aromatic heterocycles. The van der Waals surface area contributed by atoms with Gasteiger partial charge < -0.3 is 11.1 Å². The lowest BCUT2D eigenvalue weighted by molar-refractivity contribution is 1.03. The molecule has 3 rings (SSSR count). The number of nitrogen functional groups attached to an aromatic ring is 1. The van der Waals surface area contributed by atoms with Crippen molar-refractivity contribution >= 4 is 22.5 Å². The topological polar surface area (TPSA) is 112 Å². The predicted octanol–water partition coefficient (Wildman–Crippen LogP) is 1.15. The molecule has 3 aromatic rings. The summed E-state index contributed by atoms with van der Waals surface area (Å²) in [5.74, 6) is 0.424. The van der Waals surface area contributed by atoms with Gasteiger partial charge in [-0.25, -0.2) is 4.98 Å². The second-order valence-corrected chi connectivity index (χ2v) is 4.56. The number of aromatic nitrogens is 4. The lowest BCUT2D eigenvalue weighted by Gasteiger charge is -2.06. The Labute approximate surface area is 114 Å². The summed E-state index contributed by atoms with van der Waals surface area (Å²) in [5, 5.41) is 10.4. The number of fused-ring (bicyclic) bond motifs is 1. The second-order valence-electron chi connectivity index (χ2n) is 4.56. The number of hydrogen-bond acceptors (Lipinski definition) is 5. The highest BCUT2D eigenvalue weighted by Gasteiger charge is 2.05. The van der Waals surface area contributed by atoms with Crippen LogP contribution < -0.4 is 16.6 Å². The molecule has 0 aliphatic heterocycles. The van der Waals surface area contributed by atoms with Gasteiger partial charge in [-0.1, -0.05) is 0 Å². The molecule has 0 bridgehead atoms. The van der Waals surface area contributed by atoms with Crippen molar-refractivity contribution in [1.82, 2.24) is 20.2 Å². The van der Waals surface area contributed by atoms with Crippen LogP contribution in [0.5, 0.6) is 0 Å². The van der Waals surface area contributed by atoms with E-state index in [-0.39, 0.29) is 5.56 Å². The van der Waals surface area contributed by atoms with Gasteiger partial charge in [0.2, 0.25) is 5.95 Å². The summed E-state index contributed by atoms with van der Waals surface area (Å²) in [7, 11) is 0. The number of H-pyrrole nitrogens is 2. The Morgan fingerprint density at radius 2 is 2.25 bits per heavy atom. The zero-order chi connectivity index (χ0) is 14.1. The maximum absolute atomic E-state index is 12.0. The highest BCUT2D eigenvalue weighted by atomic mass is 16.1. The number of aromatic amines is 2. The minimum Gasteiger partial charge on any atom is -0.399 e. The van der Waals surface area contributed by atoms with Crippen LogP contribution in [0.4, 0.5) is 11.6 Å². The van der Waals surface area contributed by atoms with Crippen LogP contribution in [0.15, 0.2) is 29.2 Å². The minimum absolute atomic E-state index is 0.214. The van der Waals surface area contributed by atoms with Gasteiger partial charge in [-0.15, -0.1) is 0 Å². The lowest BCUT2D eigenvalue weighted by Crippen LogP contribution is -2.13.